The zero-order chi connectivity index (χ0) is 10.7. The van der Waals surface area contributed by atoms with Crippen molar-refractivity contribution in [1.29, 1.82) is 0 Å². The summed E-state index contributed by atoms with van der Waals surface area (Å²) in [6, 6.07) is 3.79. The first-order valence-electron chi connectivity index (χ1n) is 4.25. The van der Waals surface area contributed by atoms with Crippen molar-refractivity contribution >= 4 is 28.1 Å². The van der Waals surface area contributed by atoms with E-state index < -0.39 is 0 Å². The van der Waals surface area contributed by atoms with E-state index in [9.17, 15) is 5.21 Å². The Labute approximate surface area is 101 Å². The first-order valence-corrected chi connectivity index (χ1v) is 6.29. The van der Waals surface area contributed by atoms with Crippen molar-refractivity contribution in [3.8, 4) is 10.6 Å². The molecule has 0 bridgehead atoms. The minimum Gasteiger partial charge on any atom is -0.630 e. The molecular formula is C9H11N3O2S2. The summed E-state index contributed by atoms with van der Waals surface area (Å²) in [4.78, 5) is 8.40. The van der Waals surface area contributed by atoms with Crippen LogP contribution in [0.15, 0.2) is 29.6 Å². The molecule has 0 aromatic carbocycles. The molecule has 7 heteroatoms. The fraction of sp³-hybridized carbons (Fsp3) is 0.111. The second-order valence-electron chi connectivity index (χ2n) is 2.75. The van der Waals surface area contributed by atoms with Crippen LogP contribution in [0.2, 0.25) is 0 Å². The SMILES string of the molecule is CSc1nc(-c2cccnc2)sc1[NH2+][O-].O. The van der Waals surface area contributed by atoms with E-state index in [1.807, 2.05) is 18.4 Å². The van der Waals surface area contributed by atoms with Crippen LogP contribution in [0, 0.1) is 5.21 Å². The number of aromatic nitrogens is 2. The lowest BCUT2D eigenvalue weighted by Gasteiger charge is -1.96. The van der Waals surface area contributed by atoms with Gasteiger partial charge in [-0.2, -0.15) is 0 Å². The number of nitrogens with two attached hydrogens (primary N) is 1. The van der Waals surface area contributed by atoms with E-state index in [1.165, 1.54) is 23.1 Å². The van der Waals surface area contributed by atoms with Crippen molar-refractivity contribution < 1.29 is 11.0 Å². The van der Waals surface area contributed by atoms with E-state index in [2.05, 4.69) is 9.97 Å². The van der Waals surface area contributed by atoms with Gasteiger partial charge in [-0.25, -0.2) is 4.98 Å². The molecule has 0 saturated carbocycles. The molecule has 16 heavy (non-hydrogen) atoms. The Balaban J connectivity index is 0.00000128. The topological polar surface area (TPSA) is 97.0 Å². The molecule has 0 aliphatic heterocycles. The van der Waals surface area contributed by atoms with E-state index in [0.717, 1.165) is 21.1 Å². The number of hydrogen-bond donors (Lipinski definition) is 1. The molecular weight excluding hydrogens is 246 g/mol. The predicted molar refractivity (Wildman–Crippen MR) is 65.7 cm³/mol. The summed E-state index contributed by atoms with van der Waals surface area (Å²) < 4.78 is 0. The van der Waals surface area contributed by atoms with Gasteiger partial charge in [0.1, 0.15) is 5.01 Å². The molecule has 4 N–H and O–H groups in total. The summed E-state index contributed by atoms with van der Waals surface area (Å²) >= 11 is 2.88. The van der Waals surface area contributed by atoms with Crippen LogP contribution in [-0.4, -0.2) is 21.7 Å². The normalized spacial score (nSPS) is 9.88. The van der Waals surface area contributed by atoms with Gasteiger partial charge in [-0.3, -0.25) is 4.98 Å². The molecule has 0 atom stereocenters. The van der Waals surface area contributed by atoms with Crippen molar-refractivity contribution in [3.05, 3.63) is 29.7 Å². The molecule has 0 aliphatic carbocycles. The van der Waals surface area contributed by atoms with E-state index >= 15 is 0 Å². The summed E-state index contributed by atoms with van der Waals surface area (Å²) in [5, 5.41) is 13.1. The van der Waals surface area contributed by atoms with Gasteiger partial charge >= 0.3 is 0 Å². The van der Waals surface area contributed by atoms with Crippen LogP contribution in [0.25, 0.3) is 10.6 Å². The van der Waals surface area contributed by atoms with Crippen molar-refractivity contribution in [2.75, 3.05) is 6.26 Å². The van der Waals surface area contributed by atoms with Gasteiger partial charge in [0.2, 0.25) is 5.00 Å². The van der Waals surface area contributed by atoms with Crippen molar-refractivity contribution in [3.63, 3.8) is 0 Å². The average molecular weight is 257 g/mol. The summed E-state index contributed by atoms with van der Waals surface area (Å²) in [6.07, 6.45) is 5.37. The zero-order valence-corrected chi connectivity index (χ0v) is 10.1. The van der Waals surface area contributed by atoms with Crippen LogP contribution in [-0.2, 0) is 0 Å². The molecule has 2 rings (SSSR count). The molecule has 0 radical (unpaired) electrons. The minimum atomic E-state index is 0. The smallest absolute Gasteiger partial charge is 0.219 e. The van der Waals surface area contributed by atoms with Crippen LogP contribution in [0.1, 0.15) is 0 Å². The highest BCUT2D eigenvalue weighted by atomic mass is 32.2. The first kappa shape index (κ1) is 13.1. The largest absolute Gasteiger partial charge is 0.630 e. The number of quaternary nitrogens is 1. The number of pyridine rings is 1. The standard InChI is InChI=1S/C9H9N3OS2.H2O/c1-14-8-9(12-13)15-7(11-8)6-3-2-4-10-5-6;/h2-5H,12H2,1H3;1H2. The Morgan fingerprint density at radius 3 is 2.81 bits per heavy atom. The lowest BCUT2D eigenvalue weighted by Crippen LogP contribution is -2.69. The Morgan fingerprint density at radius 1 is 1.50 bits per heavy atom. The Bertz CT molecular complexity index is 426. The van der Waals surface area contributed by atoms with E-state index in [0.29, 0.717) is 5.00 Å². The molecule has 0 unspecified atom stereocenters. The van der Waals surface area contributed by atoms with Gasteiger partial charge < -0.3 is 16.2 Å². The molecule has 0 fully saturated rings. The predicted octanol–water partition coefficient (Wildman–Crippen LogP) is 0.795. The lowest BCUT2D eigenvalue weighted by atomic mass is 10.3. The van der Waals surface area contributed by atoms with Gasteiger partial charge in [0.05, 0.1) is 0 Å². The third-order valence-corrected chi connectivity index (χ3v) is 3.69. The summed E-state index contributed by atoms with van der Waals surface area (Å²) in [7, 11) is 0. The lowest BCUT2D eigenvalue weighted by molar-refractivity contribution is -0.495. The number of thiazole rings is 1. The van der Waals surface area contributed by atoms with Crippen LogP contribution < -0.4 is 5.48 Å². The second-order valence-corrected chi connectivity index (χ2v) is 4.58. The Morgan fingerprint density at radius 2 is 2.31 bits per heavy atom. The average Bonchev–Trinajstić information content (AvgIpc) is 2.73. The summed E-state index contributed by atoms with van der Waals surface area (Å²) in [6.45, 7) is 0. The van der Waals surface area contributed by atoms with E-state index in [-0.39, 0.29) is 5.48 Å². The molecule has 0 aliphatic rings. The van der Waals surface area contributed by atoms with Gasteiger partial charge in [-0.1, -0.05) is 11.3 Å². The highest BCUT2D eigenvalue weighted by Gasteiger charge is 2.12. The maximum absolute atomic E-state index is 10.8. The van der Waals surface area contributed by atoms with Gasteiger partial charge in [-0.05, 0) is 18.4 Å². The van der Waals surface area contributed by atoms with E-state index in [1.54, 1.807) is 12.4 Å². The highest BCUT2D eigenvalue weighted by molar-refractivity contribution is 7.98. The summed E-state index contributed by atoms with van der Waals surface area (Å²) in [5.74, 6) is 0. The Kier molecular flexibility index (Phi) is 4.84. The highest BCUT2D eigenvalue weighted by Crippen LogP contribution is 2.33. The molecule has 0 spiro atoms. The molecule has 2 aromatic heterocycles. The Hall–Kier alpha value is -0.990. The number of nitrogens with zero attached hydrogens (tertiary/aromatic N) is 2. The van der Waals surface area contributed by atoms with Crippen LogP contribution in [0.5, 0.6) is 0 Å². The third-order valence-electron chi connectivity index (χ3n) is 1.83. The molecule has 2 aromatic rings. The fourth-order valence-corrected chi connectivity index (χ4v) is 2.78. The molecule has 0 saturated heterocycles. The monoisotopic (exact) mass is 257 g/mol. The van der Waals surface area contributed by atoms with Crippen molar-refractivity contribution in [2.45, 2.75) is 5.03 Å². The zero-order valence-electron chi connectivity index (χ0n) is 8.51. The summed E-state index contributed by atoms with van der Waals surface area (Å²) in [5.41, 5.74) is 1.80. The quantitative estimate of drug-likeness (QED) is 0.649. The second kappa shape index (κ2) is 5.92. The van der Waals surface area contributed by atoms with Gasteiger partial charge in [0.25, 0.3) is 0 Å². The van der Waals surface area contributed by atoms with Crippen molar-refractivity contribution in [2.24, 2.45) is 0 Å². The van der Waals surface area contributed by atoms with Gasteiger partial charge in [0.15, 0.2) is 5.03 Å². The van der Waals surface area contributed by atoms with Crippen LogP contribution in [0.3, 0.4) is 0 Å². The number of thioether (sulfide) groups is 1. The molecule has 5 nitrogen and oxygen atoms in total. The van der Waals surface area contributed by atoms with Crippen LogP contribution >= 0.6 is 23.1 Å². The maximum atomic E-state index is 10.8. The molecule has 0 amide bonds. The first-order chi connectivity index (χ1) is 7.35. The van der Waals surface area contributed by atoms with E-state index in [4.69, 9.17) is 0 Å². The molecule has 86 valence electrons. The maximum Gasteiger partial charge on any atom is 0.219 e. The minimum absolute atomic E-state index is 0. The van der Waals surface area contributed by atoms with Crippen molar-refractivity contribution in [1.82, 2.24) is 9.97 Å². The fourth-order valence-electron chi connectivity index (χ4n) is 1.15. The number of rotatable bonds is 3. The molecule has 2 heterocycles. The van der Waals surface area contributed by atoms with Gasteiger partial charge in [0, 0.05) is 18.0 Å². The van der Waals surface area contributed by atoms with Crippen LogP contribution in [0.4, 0.5) is 5.00 Å². The van der Waals surface area contributed by atoms with Gasteiger partial charge in [-0.15, -0.1) is 11.8 Å². The number of hydrogen-bond acceptors (Lipinski definition) is 5. The third kappa shape index (κ3) is 2.57.